The van der Waals surface area contributed by atoms with Gasteiger partial charge in [-0.1, -0.05) is 0 Å². The van der Waals surface area contributed by atoms with E-state index < -0.39 is 7.82 Å². The maximum absolute atomic E-state index is 11.2. The number of hydrogen-bond acceptors (Lipinski definition) is 4. The molecule has 0 saturated heterocycles. The van der Waals surface area contributed by atoms with Gasteiger partial charge in [-0.05, 0) is 0 Å². The Morgan fingerprint density at radius 1 is 1.13 bits per heavy atom. The van der Waals surface area contributed by atoms with Crippen molar-refractivity contribution in [3.05, 3.63) is 0 Å². The fourth-order valence-corrected chi connectivity index (χ4v) is 1.40. The van der Waals surface area contributed by atoms with Crippen LogP contribution in [0.4, 0.5) is 0 Å². The van der Waals surface area contributed by atoms with Crippen LogP contribution in [0.1, 0.15) is 0 Å². The number of likely N-dealkylation sites (N-methyl/N-ethyl adjacent to an activating group) is 1. The highest BCUT2D eigenvalue weighted by molar-refractivity contribution is 7.47. The van der Waals surface area contributed by atoms with Crippen molar-refractivity contribution in [2.75, 3.05) is 54.6 Å². The number of methoxy groups -OCH3 is 1. The molecule has 92 valence electrons. The van der Waals surface area contributed by atoms with Gasteiger partial charge in [0.05, 0.1) is 34.4 Å². The Morgan fingerprint density at radius 2 is 1.67 bits per heavy atom. The van der Waals surface area contributed by atoms with E-state index in [9.17, 15) is 9.46 Å². The van der Waals surface area contributed by atoms with Gasteiger partial charge >= 0.3 is 7.82 Å². The molecule has 0 aromatic carbocycles. The van der Waals surface area contributed by atoms with Crippen molar-refractivity contribution in [1.82, 2.24) is 0 Å². The molecule has 15 heavy (non-hydrogen) atoms. The van der Waals surface area contributed by atoms with Gasteiger partial charge in [-0.15, -0.1) is 0 Å². The number of hydrogen-bond donors (Lipinski definition) is 1. The summed E-state index contributed by atoms with van der Waals surface area (Å²) in [5.74, 6) is 0. The van der Waals surface area contributed by atoms with E-state index in [0.29, 0.717) is 11.0 Å². The molecule has 0 aliphatic heterocycles. The Kier molecular flexibility index (Phi) is 6.59. The maximum atomic E-state index is 11.2. The molecule has 6 nitrogen and oxygen atoms in total. The van der Waals surface area contributed by atoms with E-state index in [4.69, 9.17) is 4.52 Å². The van der Waals surface area contributed by atoms with Crippen LogP contribution in [-0.2, 0) is 18.3 Å². The van der Waals surface area contributed by atoms with Crippen molar-refractivity contribution >= 4 is 7.82 Å². The number of phosphoric ester groups is 1. The average molecular weight is 242 g/mol. The van der Waals surface area contributed by atoms with Crippen molar-refractivity contribution in [3.63, 3.8) is 0 Å². The van der Waals surface area contributed by atoms with E-state index in [1.54, 1.807) is 0 Å². The fraction of sp³-hybridized carbons (Fsp3) is 1.00. The molecular weight excluding hydrogens is 221 g/mol. The Labute approximate surface area is 90.9 Å². The van der Waals surface area contributed by atoms with E-state index >= 15 is 0 Å². The van der Waals surface area contributed by atoms with Gasteiger partial charge < -0.3 is 14.1 Å². The molecule has 0 aliphatic carbocycles. The predicted octanol–water partition coefficient (Wildman–Crippen LogP) is 0.473. The molecule has 0 aromatic heterocycles. The summed E-state index contributed by atoms with van der Waals surface area (Å²) < 4.78 is 26.0. The molecule has 0 radical (unpaired) electrons. The van der Waals surface area contributed by atoms with Crippen LogP contribution in [0.2, 0.25) is 0 Å². The van der Waals surface area contributed by atoms with Gasteiger partial charge in [0.1, 0.15) is 13.2 Å². The highest BCUT2D eigenvalue weighted by Crippen LogP contribution is 2.42. The molecule has 0 amide bonds. The van der Waals surface area contributed by atoms with Crippen LogP contribution in [-0.4, -0.2) is 64.0 Å². The fourth-order valence-electron chi connectivity index (χ4n) is 0.703. The lowest BCUT2D eigenvalue weighted by molar-refractivity contribution is -0.870. The molecule has 1 atom stereocenters. The minimum absolute atomic E-state index is 0.0503. The second kappa shape index (κ2) is 6.58. The van der Waals surface area contributed by atoms with E-state index in [2.05, 4.69) is 9.26 Å². The summed E-state index contributed by atoms with van der Waals surface area (Å²) in [6.07, 6.45) is 0. The number of nitrogens with zero attached hydrogens (tertiary/aromatic N) is 1. The summed E-state index contributed by atoms with van der Waals surface area (Å²) in [5, 5.41) is 0. The third-order valence-electron chi connectivity index (χ3n) is 1.56. The molecule has 0 saturated carbocycles. The average Bonchev–Trinajstić information content (AvgIpc) is 2.01. The summed E-state index contributed by atoms with van der Waals surface area (Å²) in [6.45, 7) is 1.14. The van der Waals surface area contributed by atoms with Crippen molar-refractivity contribution < 1.29 is 27.7 Å². The quantitative estimate of drug-likeness (QED) is 0.381. The van der Waals surface area contributed by atoms with Crippen LogP contribution < -0.4 is 0 Å². The molecule has 0 aliphatic rings. The van der Waals surface area contributed by atoms with Crippen LogP contribution in [0, 0.1) is 0 Å². The summed E-state index contributed by atoms with van der Waals surface area (Å²) in [4.78, 5) is 9.19. The van der Waals surface area contributed by atoms with Gasteiger partial charge in [-0.25, -0.2) is 4.57 Å². The lowest BCUT2D eigenvalue weighted by atomic mass is 10.5. The standard InChI is InChI=1S/C8H20NO5P/c1-9(2,3)5-6-13-15(10,11)14-8-7-12-4/h5-8H2,1-4H3/p+1. The molecule has 1 unspecified atom stereocenters. The van der Waals surface area contributed by atoms with E-state index in [-0.39, 0.29) is 19.8 Å². The van der Waals surface area contributed by atoms with Crippen LogP contribution in [0.15, 0.2) is 0 Å². The highest BCUT2D eigenvalue weighted by Gasteiger charge is 2.21. The zero-order valence-corrected chi connectivity index (χ0v) is 10.7. The molecule has 0 heterocycles. The SMILES string of the molecule is COCCOP(=O)(O)OCC[N+](C)(C)C. The highest BCUT2D eigenvalue weighted by atomic mass is 31.2. The summed E-state index contributed by atoms with van der Waals surface area (Å²) in [7, 11) is 3.50. The number of quaternary nitrogens is 1. The Morgan fingerprint density at radius 3 is 2.13 bits per heavy atom. The largest absolute Gasteiger partial charge is 0.472 e. The predicted molar refractivity (Wildman–Crippen MR) is 56.5 cm³/mol. The van der Waals surface area contributed by atoms with Crippen LogP contribution >= 0.6 is 7.82 Å². The first-order valence-electron chi connectivity index (χ1n) is 4.68. The molecule has 0 rings (SSSR count). The minimum Gasteiger partial charge on any atom is -0.382 e. The second-order valence-electron chi connectivity index (χ2n) is 4.14. The van der Waals surface area contributed by atoms with Crippen LogP contribution in [0.25, 0.3) is 0 Å². The van der Waals surface area contributed by atoms with E-state index in [1.165, 1.54) is 7.11 Å². The number of rotatable bonds is 8. The molecule has 0 fully saturated rings. The molecule has 0 aromatic rings. The van der Waals surface area contributed by atoms with E-state index in [1.807, 2.05) is 21.1 Å². The van der Waals surface area contributed by atoms with E-state index in [0.717, 1.165) is 0 Å². The third-order valence-corrected chi connectivity index (χ3v) is 2.58. The van der Waals surface area contributed by atoms with Crippen LogP contribution in [0.5, 0.6) is 0 Å². The van der Waals surface area contributed by atoms with Gasteiger partial charge in [0.15, 0.2) is 0 Å². The normalized spacial score (nSPS) is 16.3. The van der Waals surface area contributed by atoms with Gasteiger partial charge in [0.2, 0.25) is 0 Å². The molecule has 0 bridgehead atoms. The zero-order chi connectivity index (χ0) is 11.9. The van der Waals surface area contributed by atoms with Gasteiger partial charge in [-0.2, -0.15) is 0 Å². The molecule has 7 heteroatoms. The van der Waals surface area contributed by atoms with Crippen molar-refractivity contribution in [1.29, 1.82) is 0 Å². The van der Waals surface area contributed by atoms with Gasteiger partial charge in [0, 0.05) is 7.11 Å². The van der Waals surface area contributed by atoms with Crippen molar-refractivity contribution in [2.24, 2.45) is 0 Å². The summed E-state index contributed by atoms with van der Waals surface area (Å²) in [6, 6.07) is 0. The Hall–Kier alpha value is 0.0300. The summed E-state index contributed by atoms with van der Waals surface area (Å²) in [5.41, 5.74) is 0. The maximum Gasteiger partial charge on any atom is 0.472 e. The molecule has 0 spiro atoms. The second-order valence-corrected chi connectivity index (χ2v) is 5.60. The molecular formula is C8H21NO5P+. The van der Waals surface area contributed by atoms with Gasteiger partial charge in [0.25, 0.3) is 0 Å². The number of phosphoric acid groups is 1. The monoisotopic (exact) mass is 242 g/mol. The first kappa shape index (κ1) is 15.0. The lowest BCUT2D eigenvalue weighted by Crippen LogP contribution is -2.37. The molecule has 1 N–H and O–H groups in total. The summed E-state index contributed by atoms with van der Waals surface area (Å²) >= 11 is 0. The Bertz CT molecular complexity index is 216. The first-order valence-corrected chi connectivity index (χ1v) is 6.18. The topological polar surface area (TPSA) is 65.0 Å². The van der Waals surface area contributed by atoms with Crippen molar-refractivity contribution in [2.45, 2.75) is 0 Å². The minimum atomic E-state index is -3.90. The lowest BCUT2D eigenvalue weighted by Gasteiger charge is -2.23. The smallest absolute Gasteiger partial charge is 0.382 e. The number of ether oxygens (including phenoxy) is 1. The zero-order valence-electron chi connectivity index (χ0n) is 9.80. The van der Waals surface area contributed by atoms with Gasteiger partial charge in [-0.3, -0.25) is 9.05 Å². The van der Waals surface area contributed by atoms with Crippen molar-refractivity contribution in [3.8, 4) is 0 Å². The first-order chi connectivity index (χ1) is 6.77. The third kappa shape index (κ3) is 10.3. The Balaban J connectivity index is 3.69. The van der Waals surface area contributed by atoms with Crippen LogP contribution in [0.3, 0.4) is 0 Å².